The molecular weight excluding hydrogens is 300 g/mol. The standard InChI is InChI=1S/C19H28N4O/c1-13-10-23(11-14(2)24-13)12-17-16-4-3-7-21-19(16)22-18(17)15-5-8-20-9-6-15/h3-4,7,13-15,20H,5-6,8-12H2,1-2H3,(H,21,22)/t13-,14-/m1/s1. The van der Waals surface area contributed by atoms with Gasteiger partial charge in [-0.2, -0.15) is 0 Å². The molecule has 0 aromatic carbocycles. The van der Waals surface area contributed by atoms with Crippen molar-refractivity contribution in [2.24, 2.45) is 0 Å². The molecule has 5 nitrogen and oxygen atoms in total. The van der Waals surface area contributed by atoms with Gasteiger partial charge in [0.1, 0.15) is 5.65 Å². The van der Waals surface area contributed by atoms with Crippen LogP contribution in [0.2, 0.25) is 0 Å². The maximum Gasteiger partial charge on any atom is 0.137 e. The molecule has 0 spiro atoms. The number of piperidine rings is 1. The second-order valence-corrected chi connectivity index (χ2v) is 7.39. The summed E-state index contributed by atoms with van der Waals surface area (Å²) in [6.07, 6.45) is 4.90. The van der Waals surface area contributed by atoms with Crippen LogP contribution in [0.25, 0.3) is 11.0 Å². The summed E-state index contributed by atoms with van der Waals surface area (Å²) >= 11 is 0. The summed E-state index contributed by atoms with van der Waals surface area (Å²) in [6, 6.07) is 4.27. The molecule has 2 aromatic rings. The average Bonchev–Trinajstić information content (AvgIpc) is 2.94. The number of morpholine rings is 1. The zero-order valence-corrected chi connectivity index (χ0v) is 14.7. The Balaban J connectivity index is 1.67. The molecule has 0 radical (unpaired) electrons. The third-order valence-electron chi connectivity index (χ3n) is 5.34. The lowest BCUT2D eigenvalue weighted by molar-refractivity contribution is -0.0704. The summed E-state index contributed by atoms with van der Waals surface area (Å²) in [7, 11) is 0. The number of pyridine rings is 1. The first-order chi connectivity index (χ1) is 11.7. The molecule has 0 unspecified atom stereocenters. The van der Waals surface area contributed by atoms with E-state index in [2.05, 4.69) is 46.2 Å². The van der Waals surface area contributed by atoms with Crippen LogP contribution in [0.3, 0.4) is 0 Å². The van der Waals surface area contributed by atoms with Crippen molar-refractivity contribution in [3.8, 4) is 0 Å². The largest absolute Gasteiger partial charge is 0.373 e. The minimum Gasteiger partial charge on any atom is -0.373 e. The molecule has 4 heterocycles. The molecule has 0 amide bonds. The van der Waals surface area contributed by atoms with Gasteiger partial charge in [-0.1, -0.05) is 0 Å². The molecule has 130 valence electrons. The minimum absolute atomic E-state index is 0.305. The highest BCUT2D eigenvalue weighted by molar-refractivity contribution is 5.81. The molecule has 2 aliphatic rings. The molecule has 2 N–H and O–H groups in total. The number of hydrogen-bond donors (Lipinski definition) is 2. The van der Waals surface area contributed by atoms with E-state index in [1.807, 2.05) is 6.20 Å². The SMILES string of the molecule is C[C@@H]1CN(Cc2c(C3CCNCC3)[nH]c3ncccc23)C[C@@H](C)O1. The number of nitrogens with zero attached hydrogens (tertiary/aromatic N) is 2. The predicted molar refractivity (Wildman–Crippen MR) is 96.2 cm³/mol. The van der Waals surface area contributed by atoms with Crippen molar-refractivity contribution in [2.45, 2.75) is 51.4 Å². The number of nitrogens with one attached hydrogen (secondary N) is 2. The number of aromatic amines is 1. The smallest absolute Gasteiger partial charge is 0.137 e. The predicted octanol–water partition coefficient (Wildman–Crippen LogP) is 2.64. The first-order valence-corrected chi connectivity index (χ1v) is 9.24. The van der Waals surface area contributed by atoms with E-state index >= 15 is 0 Å². The van der Waals surface area contributed by atoms with Gasteiger partial charge in [-0.25, -0.2) is 4.98 Å². The fourth-order valence-corrected chi connectivity index (χ4v) is 4.36. The highest BCUT2D eigenvalue weighted by Crippen LogP contribution is 2.33. The van der Waals surface area contributed by atoms with Crippen LogP contribution in [0, 0.1) is 0 Å². The fraction of sp³-hybridized carbons (Fsp3) is 0.632. The first kappa shape index (κ1) is 16.1. The third-order valence-corrected chi connectivity index (χ3v) is 5.34. The van der Waals surface area contributed by atoms with Crippen molar-refractivity contribution in [1.29, 1.82) is 0 Å². The van der Waals surface area contributed by atoms with E-state index in [-0.39, 0.29) is 0 Å². The molecule has 24 heavy (non-hydrogen) atoms. The molecule has 2 saturated heterocycles. The van der Waals surface area contributed by atoms with Gasteiger partial charge in [0.25, 0.3) is 0 Å². The fourth-order valence-electron chi connectivity index (χ4n) is 4.36. The van der Waals surface area contributed by atoms with Gasteiger partial charge >= 0.3 is 0 Å². The normalized spacial score (nSPS) is 26.9. The summed E-state index contributed by atoms with van der Waals surface area (Å²) in [6.45, 7) is 9.56. The molecule has 0 aliphatic carbocycles. The van der Waals surface area contributed by atoms with E-state index < -0.39 is 0 Å². The third kappa shape index (κ3) is 3.21. The van der Waals surface area contributed by atoms with Crippen molar-refractivity contribution in [1.82, 2.24) is 20.2 Å². The Morgan fingerprint density at radius 2 is 1.96 bits per heavy atom. The van der Waals surface area contributed by atoms with Crippen LogP contribution in [0.1, 0.15) is 43.9 Å². The Hall–Kier alpha value is -1.43. The van der Waals surface area contributed by atoms with Crippen LogP contribution in [-0.2, 0) is 11.3 Å². The van der Waals surface area contributed by atoms with E-state index in [0.29, 0.717) is 18.1 Å². The molecule has 2 aliphatic heterocycles. The van der Waals surface area contributed by atoms with Crippen LogP contribution in [-0.4, -0.2) is 53.3 Å². The summed E-state index contributed by atoms with van der Waals surface area (Å²) in [5.41, 5.74) is 3.90. The van der Waals surface area contributed by atoms with Crippen LogP contribution < -0.4 is 5.32 Å². The number of H-pyrrole nitrogens is 1. The molecule has 2 fully saturated rings. The number of ether oxygens (including phenoxy) is 1. The Morgan fingerprint density at radius 1 is 1.21 bits per heavy atom. The molecule has 4 rings (SSSR count). The van der Waals surface area contributed by atoms with Crippen molar-refractivity contribution in [3.63, 3.8) is 0 Å². The number of aromatic nitrogens is 2. The molecule has 2 aromatic heterocycles. The lowest BCUT2D eigenvalue weighted by Gasteiger charge is -2.35. The monoisotopic (exact) mass is 328 g/mol. The van der Waals surface area contributed by atoms with E-state index in [0.717, 1.165) is 38.4 Å². The molecule has 0 bridgehead atoms. The zero-order valence-electron chi connectivity index (χ0n) is 14.7. The lowest BCUT2D eigenvalue weighted by atomic mass is 9.91. The van der Waals surface area contributed by atoms with Crippen molar-refractivity contribution >= 4 is 11.0 Å². The summed E-state index contributed by atoms with van der Waals surface area (Å²) in [5.74, 6) is 0.617. The lowest BCUT2D eigenvalue weighted by Crippen LogP contribution is -2.45. The quantitative estimate of drug-likeness (QED) is 0.909. The van der Waals surface area contributed by atoms with Crippen LogP contribution in [0.5, 0.6) is 0 Å². The molecule has 2 atom stereocenters. The second kappa shape index (κ2) is 6.82. The van der Waals surface area contributed by atoms with Gasteiger partial charge in [0.05, 0.1) is 12.2 Å². The van der Waals surface area contributed by atoms with Crippen LogP contribution in [0.15, 0.2) is 18.3 Å². The first-order valence-electron chi connectivity index (χ1n) is 9.24. The summed E-state index contributed by atoms with van der Waals surface area (Å²) in [4.78, 5) is 10.8. The van der Waals surface area contributed by atoms with Crippen LogP contribution in [0.4, 0.5) is 0 Å². The maximum atomic E-state index is 5.90. The van der Waals surface area contributed by atoms with Gasteiger partial charge in [0.15, 0.2) is 0 Å². The summed E-state index contributed by atoms with van der Waals surface area (Å²) < 4.78 is 5.90. The highest BCUT2D eigenvalue weighted by atomic mass is 16.5. The van der Waals surface area contributed by atoms with E-state index in [4.69, 9.17) is 4.74 Å². The average molecular weight is 328 g/mol. The Kier molecular flexibility index (Phi) is 4.57. The maximum absolute atomic E-state index is 5.90. The van der Waals surface area contributed by atoms with Gasteiger partial charge in [-0.15, -0.1) is 0 Å². The van der Waals surface area contributed by atoms with Gasteiger partial charge in [-0.3, -0.25) is 4.90 Å². The topological polar surface area (TPSA) is 53.2 Å². The summed E-state index contributed by atoms with van der Waals surface area (Å²) in [5, 5.41) is 4.76. The van der Waals surface area contributed by atoms with Crippen molar-refractivity contribution in [2.75, 3.05) is 26.2 Å². The number of fused-ring (bicyclic) bond motifs is 1. The Morgan fingerprint density at radius 3 is 2.71 bits per heavy atom. The molecule has 5 heteroatoms. The Labute approximate surface area is 143 Å². The molecular formula is C19H28N4O. The van der Waals surface area contributed by atoms with E-state index in [1.54, 1.807) is 0 Å². The van der Waals surface area contributed by atoms with Gasteiger partial charge < -0.3 is 15.0 Å². The number of rotatable bonds is 3. The highest BCUT2D eigenvalue weighted by Gasteiger charge is 2.27. The van der Waals surface area contributed by atoms with E-state index in [1.165, 1.54) is 29.5 Å². The Bertz CT molecular complexity index is 682. The number of hydrogen-bond acceptors (Lipinski definition) is 4. The van der Waals surface area contributed by atoms with Crippen molar-refractivity contribution < 1.29 is 4.74 Å². The van der Waals surface area contributed by atoms with Crippen LogP contribution >= 0.6 is 0 Å². The van der Waals surface area contributed by atoms with Gasteiger partial charge in [0.2, 0.25) is 0 Å². The molecule has 0 saturated carbocycles. The van der Waals surface area contributed by atoms with E-state index in [9.17, 15) is 0 Å². The van der Waals surface area contributed by atoms with Crippen molar-refractivity contribution in [3.05, 3.63) is 29.6 Å². The van der Waals surface area contributed by atoms with Gasteiger partial charge in [0, 0.05) is 42.8 Å². The zero-order chi connectivity index (χ0) is 16.5. The second-order valence-electron chi connectivity index (χ2n) is 7.39. The minimum atomic E-state index is 0.305. The van der Waals surface area contributed by atoms with Gasteiger partial charge in [-0.05, 0) is 57.5 Å².